The van der Waals surface area contributed by atoms with Crippen LogP contribution in [0.2, 0.25) is 0 Å². The van der Waals surface area contributed by atoms with E-state index in [0.717, 1.165) is 25.5 Å². The number of rotatable bonds is 3. The molecule has 0 heterocycles. The summed E-state index contributed by atoms with van der Waals surface area (Å²) in [7, 11) is -3.69. The fraction of sp³-hybridized carbons (Fsp3) is 0.500. The molecule has 19 heavy (non-hydrogen) atoms. The van der Waals surface area contributed by atoms with Crippen LogP contribution in [0.1, 0.15) is 24.8 Å². The average Bonchev–Trinajstić information content (AvgIpc) is 2.92. The van der Waals surface area contributed by atoms with Crippen molar-refractivity contribution in [2.75, 3.05) is 6.26 Å². The molecule has 0 aromatic heterocycles. The average molecular weight is 280 g/mol. The molecule has 3 atom stereocenters. The highest BCUT2D eigenvalue weighted by Gasteiger charge is 2.61. The first-order valence-corrected chi connectivity index (χ1v) is 8.25. The van der Waals surface area contributed by atoms with Crippen LogP contribution in [0.3, 0.4) is 0 Å². The molecular formula is C14H16O4S. The number of Topliss-reactive ketones (excluding diaryl/α,β-unsaturated/α-hetero) is 1. The second kappa shape index (κ2) is 4.15. The second-order valence-corrected chi connectivity index (χ2v) is 7.04. The van der Waals surface area contributed by atoms with Gasteiger partial charge in [0.2, 0.25) is 0 Å². The molecule has 1 aromatic carbocycles. The van der Waals surface area contributed by atoms with Crippen molar-refractivity contribution in [1.82, 2.24) is 0 Å². The lowest BCUT2D eigenvalue weighted by molar-refractivity contribution is -0.139. The summed E-state index contributed by atoms with van der Waals surface area (Å²) in [6, 6.07) is 9.02. The maximum Gasteiger partial charge on any atom is 0.265 e. The van der Waals surface area contributed by atoms with Gasteiger partial charge in [-0.1, -0.05) is 30.3 Å². The van der Waals surface area contributed by atoms with E-state index in [0.29, 0.717) is 5.56 Å². The van der Waals surface area contributed by atoms with E-state index >= 15 is 0 Å². The largest absolute Gasteiger partial charge is 0.296 e. The molecule has 0 N–H and O–H groups in total. The van der Waals surface area contributed by atoms with Crippen LogP contribution in [-0.2, 0) is 24.7 Å². The topological polar surface area (TPSA) is 60.4 Å². The molecule has 4 nitrogen and oxygen atoms in total. The van der Waals surface area contributed by atoms with Gasteiger partial charge in [0.25, 0.3) is 10.1 Å². The quantitative estimate of drug-likeness (QED) is 0.793. The van der Waals surface area contributed by atoms with Gasteiger partial charge in [0, 0.05) is 11.8 Å². The summed E-state index contributed by atoms with van der Waals surface area (Å²) < 4.78 is 28.6. The molecule has 2 fully saturated rings. The number of carbonyl (C=O) groups is 1. The monoisotopic (exact) mass is 280 g/mol. The van der Waals surface area contributed by atoms with Crippen molar-refractivity contribution < 1.29 is 17.4 Å². The van der Waals surface area contributed by atoms with Crippen LogP contribution >= 0.6 is 0 Å². The molecule has 2 saturated carbocycles. The van der Waals surface area contributed by atoms with E-state index in [2.05, 4.69) is 0 Å². The molecule has 0 aliphatic heterocycles. The number of ketones is 1. The summed E-state index contributed by atoms with van der Waals surface area (Å²) >= 11 is 0. The lowest BCUT2D eigenvalue weighted by Crippen LogP contribution is -2.45. The molecule has 3 rings (SSSR count). The van der Waals surface area contributed by atoms with Crippen molar-refractivity contribution >= 4 is 15.9 Å². The molecule has 0 amide bonds. The van der Waals surface area contributed by atoms with Crippen LogP contribution in [0.4, 0.5) is 0 Å². The van der Waals surface area contributed by atoms with Crippen LogP contribution in [-0.4, -0.2) is 20.5 Å². The highest BCUT2D eigenvalue weighted by atomic mass is 32.2. The highest BCUT2D eigenvalue weighted by Crippen LogP contribution is 2.55. The number of benzene rings is 1. The third-order valence-corrected chi connectivity index (χ3v) is 4.80. The molecule has 0 radical (unpaired) electrons. The fourth-order valence-electron chi connectivity index (χ4n) is 3.55. The van der Waals surface area contributed by atoms with E-state index < -0.39 is 15.7 Å². The lowest BCUT2D eigenvalue weighted by Gasteiger charge is -2.35. The predicted octanol–water partition coefficient (Wildman–Crippen LogP) is 1.86. The zero-order valence-corrected chi connectivity index (χ0v) is 11.5. The first-order valence-electron chi connectivity index (χ1n) is 6.44. The molecule has 0 saturated heterocycles. The van der Waals surface area contributed by atoms with Gasteiger partial charge in [-0.05, 0) is 24.8 Å². The van der Waals surface area contributed by atoms with Crippen LogP contribution < -0.4 is 0 Å². The zero-order chi connectivity index (χ0) is 13.7. The van der Waals surface area contributed by atoms with Crippen molar-refractivity contribution in [2.24, 2.45) is 11.8 Å². The van der Waals surface area contributed by atoms with E-state index in [-0.39, 0.29) is 17.6 Å². The van der Waals surface area contributed by atoms with E-state index in [1.807, 2.05) is 18.2 Å². The van der Waals surface area contributed by atoms with Gasteiger partial charge in [0.15, 0.2) is 11.4 Å². The van der Waals surface area contributed by atoms with Gasteiger partial charge in [0.1, 0.15) is 0 Å². The fourth-order valence-corrected chi connectivity index (χ4v) is 4.34. The zero-order valence-electron chi connectivity index (χ0n) is 10.7. The van der Waals surface area contributed by atoms with Crippen molar-refractivity contribution in [2.45, 2.75) is 24.9 Å². The van der Waals surface area contributed by atoms with Crippen LogP contribution in [0.5, 0.6) is 0 Å². The van der Waals surface area contributed by atoms with Gasteiger partial charge in [-0.3, -0.25) is 8.98 Å². The number of fused-ring (bicyclic) bond motifs is 2. The van der Waals surface area contributed by atoms with E-state index in [1.54, 1.807) is 12.1 Å². The summed E-state index contributed by atoms with van der Waals surface area (Å²) in [4.78, 5) is 12.6. The Morgan fingerprint density at radius 3 is 2.42 bits per heavy atom. The number of carbonyl (C=O) groups excluding carboxylic acids is 1. The Hall–Kier alpha value is -1.20. The minimum Gasteiger partial charge on any atom is -0.296 e. The molecule has 102 valence electrons. The normalized spacial score (nSPS) is 33.8. The molecule has 5 heteroatoms. The lowest BCUT2D eigenvalue weighted by atomic mass is 9.78. The number of hydrogen-bond acceptors (Lipinski definition) is 4. The molecule has 2 aliphatic carbocycles. The Balaban J connectivity index is 2.15. The highest BCUT2D eigenvalue weighted by molar-refractivity contribution is 7.86. The molecule has 2 bridgehead atoms. The minimum absolute atomic E-state index is 0.0258. The van der Waals surface area contributed by atoms with Crippen LogP contribution in [0.15, 0.2) is 30.3 Å². The second-order valence-electron chi connectivity index (χ2n) is 5.46. The predicted molar refractivity (Wildman–Crippen MR) is 69.9 cm³/mol. The van der Waals surface area contributed by atoms with E-state index in [9.17, 15) is 13.2 Å². The summed E-state index contributed by atoms with van der Waals surface area (Å²) in [6.07, 6.45) is 3.45. The van der Waals surface area contributed by atoms with Gasteiger partial charge in [-0.15, -0.1) is 0 Å². The molecular weight excluding hydrogens is 264 g/mol. The van der Waals surface area contributed by atoms with Crippen molar-refractivity contribution in [3.05, 3.63) is 35.9 Å². The molecule has 0 spiro atoms. The summed E-state index contributed by atoms with van der Waals surface area (Å²) in [5.74, 6) is -0.144. The van der Waals surface area contributed by atoms with Crippen molar-refractivity contribution in [3.63, 3.8) is 0 Å². The first-order chi connectivity index (χ1) is 8.93. The van der Waals surface area contributed by atoms with Gasteiger partial charge in [-0.2, -0.15) is 8.42 Å². The van der Waals surface area contributed by atoms with E-state index in [1.165, 1.54) is 0 Å². The minimum atomic E-state index is -3.69. The summed E-state index contributed by atoms with van der Waals surface area (Å²) in [5.41, 5.74) is -0.616. The Morgan fingerprint density at radius 2 is 1.89 bits per heavy atom. The Bertz CT molecular complexity index is 608. The van der Waals surface area contributed by atoms with Crippen molar-refractivity contribution in [1.29, 1.82) is 0 Å². The van der Waals surface area contributed by atoms with Gasteiger partial charge in [-0.25, -0.2) is 0 Å². The smallest absolute Gasteiger partial charge is 0.265 e. The van der Waals surface area contributed by atoms with Gasteiger partial charge >= 0.3 is 0 Å². The molecule has 2 aliphatic rings. The maximum atomic E-state index is 12.6. The third-order valence-electron chi connectivity index (χ3n) is 4.23. The molecule has 1 aromatic rings. The summed E-state index contributed by atoms with van der Waals surface area (Å²) in [5, 5.41) is 0. The first kappa shape index (κ1) is 12.8. The van der Waals surface area contributed by atoms with Crippen LogP contribution in [0.25, 0.3) is 0 Å². The third kappa shape index (κ3) is 1.92. The number of hydrogen-bond donors (Lipinski definition) is 0. The van der Waals surface area contributed by atoms with Crippen LogP contribution in [0, 0.1) is 11.8 Å². The van der Waals surface area contributed by atoms with Crippen molar-refractivity contribution in [3.8, 4) is 0 Å². The van der Waals surface area contributed by atoms with E-state index in [4.69, 9.17) is 4.18 Å². The SMILES string of the molecule is CS(=O)(=O)O[C@]1(c2ccccc2)C(=O)[C@H]2CC[C@@H]1C2. The Kier molecular flexibility index (Phi) is 2.80. The Morgan fingerprint density at radius 1 is 1.21 bits per heavy atom. The molecule has 0 unspecified atom stereocenters. The summed E-state index contributed by atoms with van der Waals surface area (Å²) in [6.45, 7) is 0. The van der Waals surface area contributed by atoms with Gasteiger partial charge in [0.05, 0.1) is 6.26 Å². The Labute approximate surface area is 112 Å². The maximum absolute atomic E-state index is 12.6. The standard InChI is InChI=1S/C14H16O4S/c1-19(16,17)18-14(11-5-3-2-4-6-11)12-8-7-10(9-12)13(14)15/h2-6,10,12H,7-9H2,1H3/t10-,12+,14-/m0/s1. The van der Waals surface area contributed by atoms with Gasteiger partial charge < -0.3 is 0 Å².